The van der Waals surface area contributed by atoms with E-state index in [1.165, 1.54) is 11.3 Å². The van der Waals surface area contributed by atoms with Crippen molar-refractivity contribution in [2.24, 2.45) is 0 Å². The molecule has 0 atom stereocenters. The van der Waals surface area contributed by atoms with E-state index < -0.39 is 5.97 Å². The summed E-state index contributed by atoms with van der Waals surface area (Å²) >= 11 is 1.29. The number of benzene rings is 2. The number of nitrogens with two attached hydrogens (primary N) is 1. The molecule has 6 nitrogen and oxygen atoms in total. The molecule has 1 aliphatic heterocycles. The molecule has 4 aromatic rings. The molecule has 2 N–H and O–H groups in total. The summed E-state index contributed by atoms with van der Waals surface area (Å²) in [5, 5.41) is 0.804. The molecule has 0 saturated carbocycles. The average Bonchev–Trinajstić information content (AvgIpc) is 3.15. The Morgan fingerprint density at radius 3 is 2.70 bits per heavy atom. The van der Waals surface area contributed by atoms with E-state index in [9.17, 15) is 4.79 Å². The van der Waals surface area contributed by atoms with Crippen molar-refractivity contribution in [3.05, 3.63) is 70.2 Å². The maximum absolute atomic E-state index is 13.1. The molecule has 7 heteroatoms. The van der Waals surface area contributed by atoms with Crippen LogP contribution >= 0.6 is 11.3 Å². The minimum atomic E-state index is -0.467. The molecule has 1 aliphatic rings. The van der Waals surface area contributed by atoms with E-state index in [0.717, 1.165) is 63.4 Å². The smallest absolute Gasteiger partial charge is 0.355 e. The molecule has 0 amide bonds. The number of nitrogen functional groups attached to an aromatic ring is 1. The summed E-state index contributed by atoms with van der Waals surface area (Å²) in [7, 11) is 3.76. The highest BCUT2D eigenvalue weighted by atomic mass is 32.1. The van der Waals surface area contributed by atoms with Gasteiger partial charge in [-0.15, -0.1) is 11.3 Å². The van der Waals surface area contributed by atoms with Crippen LogP contribution < -0.4 is 15.2 Å². The lowest BCUT2D eigenvalue weighted by atomic mass is 9.92. The van der Waals surface area contributed by atoms with Gasteiger partial charge in [0.1, 0.15) is 21.2 Å². The van der Waals surface area contributed by atoms with Gasteiger partial charge in [0.05, 0.1) is 12.8 Å². The normalized spacial score (nSPS) is 13.7. The first kappa shape index (κ1) is 21.4. The minimum Gasteiger partial charge on any atom is -0.497 e. The first-order valence-electron chi connectivity index (χ1n) is 10.8. The van der Waals surface area contributed by atoms with Crippen molar-refractivity contribution < 1.29 is 14.3 Å². The van der Waals surface area contributed by atoms with Crippen molar-refractivity contribution in [3.63, 3.8) is 0 Å². The second-order valence-electron chi connectivity index (χ2n) is 8.36. The number of fused-ring (bicyclic) bond motifs is 2. The van der Waals surface area contributed by atoms with Crippen molar-refractivity contribution in [1.29, 1.82) is 0 Å². The third kappa shape index (κ3) is 3.94. The Labute approximate surface area is 196 Å². The van der Waals surface area contributed by atoms with Crippen LogP contribution in [-0.2, 0) is 13.0 Å². The van der Waals surface area contributed by atoms with Gasteiger partial charge in [0.25, 0.3) is 0 Å². The zero-order chi connectivity index (χ0) is 23.1. The van der Waals surface area contributed by atoms with Crippen LogP contribution in [-0.4, -0.2) is 36.6 Å². The lowest BCUT2D eigenvalue weighted by Crippen LogP contribution is -2.27. The minimum absolute atomic E-state index is 0.373. The zero-order valence-electron chi connectivity index (χ0n) is 18.8. The molecule has 2 aromatic heterocycles. The molecule has 0 spiro atoms. The number of anilines is 1. The molecule has 33 heavy (non-hydrogen) atoms. The summed E-state index contributed by atoms with van der Waals surface area (Å²) in [6, 6.07) is 15.3. The van der Waals surface area contributed by atoms with Gasteiger partial charge in [-0.2, -0.15) is 0 Å². The Morgan fingerprint density at radius 2 is 1.94 bits per heavy atom. The van der Waals surface area contributed by atoms with E-state index in [2.05, 4.69) is 11.9 Å². The third-order valence-electron chi connectivity index (χ3n) is 6.00. The Balaban J connectivity index is 1.68. The van der Waals surface area contributed by atoms with Crippen LogP contribution in [0.25, 0.3) is 21.3 Å². The predicted molar refractivity (Wildman–Crippen MR) is 132 cm³/mol. The van der Waals surface area contributed by atoms with Gasteiger partial charge in [-0.05, 0) is 49.4 Å². The molecule has 168 valence electrons. The first-order valence-corrected chi connectivity index (χ1v) is 11.6. The maximum Gasteiger partial charge on any atom is 0.355 e. The molecule has 0 unspecified atom stereocenters. The quantitative estimate of drug-likeness (QED) is 0.339. The zero-order valence-corrected chi connectivity index (χ0v) is 19.7. The van der Waals surface area contributed by atoms with Gasteiger partial charge in [-0.1, -0.05) is 29.8 Å². The molecule has 0 saturated heterocycles. The average molecular weight is 460 g/mol. The van der Waals surface area contributed by atoms with Crippen molar-refractivity contribution in [1.82, 2.24) is 9.88 Å². The van der Waals surface area contributed by atoms with Gasteiger partial charge in [-0.25, -0.2) is 9.78 Å². The van der Waals surface area contributed by atoms with Crippen LogP contribution in [0.4, 0.5) is 5.69 Å². The molecular formula is C26H25N3O3S. The number of hydrogen-bond acceptors (Lipinski definition) is 7. The fraction of sp³-hybridized carbons (Fsp3) is 0.231. The van der Waals surface area contributed by atoms with Crippen LogP contribution in [0.2, 0.25) is 0 Å². The van der Waals surface area contributed by atoms with E-state index in [0.29, 0.717) is 16.3 Å². The number of pyridine rings is 1. The highest BCUT2D eigenvalue weighted by Gasteiger charge is 2.27. The predicted octanol–water partition coefficient (Wildman–Crippen LogP) is 5.07. The fourth-order valence-corrected chi connectivity index (χ4v) is 5.27. The topological polar surface area (TPSA) is 77.7 Å². The molecule has 0 radical (unpaired) electrons. The second-order valence-corrected chi connectivity index (χ2v) is 9.36. The summed E-state index contributed by atoms with van der Waals surface area (Å²) in [6.07, 6.45) is 0.847. The van der Waals surface area contributed by atoms with E-state index in [1.54, 1.807) is 19.2 Å². The van der Waals surface area contributed by atoms with Crippen LogP contribution in [0, 0.1) is 6.92 Å². The van der Waals surface area contributed by atoms with Crippen LogP contribution in [0.5, 0.6) is 11.5 Å². The number of ether oxygens (including phenoxy) is 2. The maximum atomic E-state index is 13.1. The van der Waals surface area contributed by atoms with Gasteiger partial charge < -0.3 is 20.1 Å². The molecule has 2 aromatic carbocycles. The number of methoxy groups -OCH3 is 1. The van der Waals surface area contributed by atoms with Crippen molar-refractivity contribution in [2.45, 2.75) is 19.9 Å². The van der Waals surface area contributed by atoms with E-state index in [4.69, 9.17) is 20.2 Å². The molecule has 3 heterocycles. The lowest BCUT2D eigenvalue weighted by molar-refractivity contribution is 0.0741. The largest absolute Gasteiger partial charge is 0.497 e. The van der Waals surface area contributed by atoms with Crippen molar-refractivity contribution >= 4 is 33.2 Å². The molecule has 5 rings (SSSR count). The summed E-state index contributed by atoms with van der Waals surface area (Å²) in [5.41, 5.74) is 12.3. The number of aryl methyl sites for hydroxylation is 1. The number of hydrogen-bond donors (Lipinski definition) is 1. The number of esters is 1. The Morgan fingerprint density at radius 1 is 1.15 bits per heavy atom. The standard InChI is InChI=1S/C26H25N3O3S/c1-15-7-9-17(10-8-15)32-26(30)24-23(27)22-21(16-5-4-6-18(13-16)31-3)19-14-29(2)12-11-20(19)28-25(22)33-24/h4-10,13H,11-12,14,27H2,1-3H3. The van der Waals surface area contributed by atoms with Gasteiger partial charge in [-0.3, -0.25) is 0 Å². The van der Waals surface area contributed by atoms with E-state index in [1.807, 2.05) is 43.3 Å². The molecule has 0 aliphatic carbocycles. The first-order chi connectivity index (χ1) is 15.9. The highest BCUT2D eigenvalue weighted by molar-refractivity contribution is 7.21. The third-order valence-corrected chi connectivity index (χ3v) is 7.08. The highest BCUT2D eigenvalue weighted by Crippen LogP contribution is 2.44. The molecular weight excluding hydrogens is 434 g/mol. The molecule has 0 bridgehead atoms. The van der Waals surface area contributed by atoms with Gasteiger partial charge in [0, 0.05) is 36.2 Å². The Kier molecular flexibility index (Phi) is 5.52. The summed E-state index contributed by atoms with van der Waals surface area (Å²) in [4.78, 5) is 21.4. The second kappa shape index (κ2) is 8.50. The number of aromatic nitrogens is 1. The number of nitrogens with zero attached hydrogens (tertiary/aromatic N) is 2. The number of likely N-dealkylation sites (N-methyl/N-ethyl adjacent to an activating group) is 1. The van der Waals surface area contributed by atoms with Crippen LogP contribution in [0.15, 0.2) is 48.5 Å². The number of thiophene rings is 1. The van der Waals surface area contributed by atoms with Crippen molar-refractivity contribution in [3.8, 4) is 22.6 Å². The van der Waals surface area contributed by atoms with E-state index in [-0.39, 0.29) is 0 Å². The number of carbonyl (C=O) groups is 1. The lowest BCUT2D eigenvalue weighted by Gasteiger charge is -2.27. The van der Waals surface area contributed by atoms with Gasteiger partial charge in [0.15, 0.2) is 0 Å². The Hall–Kier alpha value is -3.42. The monoisotopic (exact) mass is 459 g/mol. The number of carbonyl (C=O) groups excluding carboxylic acids is 1. The number of rotatable bonds is 4. The molecule has 0 fully saturated rings. The van der Waals surface area contributed by atoms with Gasteiger partial charge >= 0.3 is 5.97 Å². The van der Waals surface area contributed by atoms with Gasteiger partial charge in [0.2, 0.25) is 0 Å². The summed E-state index contributed by atoms with van der Waals surface area (Å²) in [6.45, 7) is 3.69. The van der Waals surface area contributed by atoms with Crippen LogP contribution in [0.3, 0.4) is 0 Å². The summed E-state index contributed by atoms with van der Waals surface area (Å²) < 4.78 is 11.1. The van der Waals surface area contributed by atoms with Crippen molar-refractivity contribution in [2.75, 3.05) is 26.4 Å². The Bertz CT molecular complexity index is 1360. The summed E-state index contributed by atoms with van der Waals surface area (Å²) in [5.74, 6) is 0.790. The fourth-order valence-electron chi connectivity index (χ4n) is 4.27. The van der Waals surface area contributed by atoms with E-state index >= 15 is 0 Å². The SMILES string of the molecule is COc1cccc(-c2c3c(nc4sc(C(=O)Oc5ccc(C)cc5)c(N)c24)CCN(C)C3)c1. The van der Waals surface area contributed by atoms with Crippen LogP contribution in [0.1, 0.15) is 26.5 Å².